The van der Waals surface area contributed by atoms with Gasteiger partial charge in [-0.3, -0.25) is 4.99 Å². The lowest BCUT2D eigenvalue weighted by molar-refractivity contribution is 0.0767. The van der Waals surface area contributed by atoms with Crippen LogP contribution in [0.25, 0.3) is 0 Å². The summed E-state index contributed by atoms with van der Waals surface area (Å²) in [5.41, 5.74) is 0. The van der Waals surface area contributed by atoms with E-state index in [0.717, 1.165) is 24.8 Å². The van der Waals surface area contributed by atoms with Crippen LogP contribution in [-0.2, 0) is 11.3 Å². The second-order valence-electron chi connectivity index (χ2n) is 6.00. The summed E-state index contributed by atoms with van der Waals surface area (Å²) in [6.45, 7) is 2.84. The summed E-state index contributed by atoms with van der Waals surface area (Å²) in [5.74, 6) is 3.33. The predicted molar refractivity (Wildman–Crippen MR) is 75.4 cm³/mol. The number of aliphatic imine (C=N–C) groups is 1. The Bertz CT molecular complexity index is 481. The minimum atomic E-state index is 0.498. The largest absolute Gasteiger partial charge is 0.467 e. The highest BCUT2D eigenvalue weighted by Gasteiger charge is 2.53. The molecular formula is C15H21N3O2. The molecule has 3 saturated heterocycles. The zero-order valence-electron chi connectivity index (χ0n) is 11.8. The number of guanidine groups is 1. The van der Waals surface area contributed by atoms with Crippen LogP contribution in [0.1, 0.15) is 18.6 Å². The van der Waals surface area contributed by atoms with Gasteiger partial charge in [-0.1, -0.05) is 0 Å². The average molecular weight is 275 g/mol. The molecule has 4 rings (SSSR count). The molecule has 0 aliphatic carbocycles. The number of likely N-dealkylation sites (tertiary alicyclic amines) is 1. The van der Waals surface area contributed by atoms with E-state index in [0.29, 0.717) is 30.6 Å². The van der Waals surface area contributed by atoms with Gasteiger partial charge >= 0.3 is 0 Å². The summed E-state index contributed by atoms with van der Waals surface area (Å²) >= 11 is 0. The number of fused-ring (bicyclic) bond motifs is 5. The maximum absolute atomic E-state index is 6.02. The van der Waals surface area contributed by atoms with Crippen LogP contribution in [0.3, 0.4) is 0 Å². The lowest BCUT2D eigenvalue weighted by atomic mass is 9.82. The number of rotatable bonds is 2. The highest BCUT2D eigenvalue weighted by Crippen LogP contribution is 2.47. The number of nitrogens with zero attached hydrogens (tertiary/aromatic N) is 2. The third kappa shape index (κ3) is 1.92. The molecule has 5 nitrogen and oxygen atoms in total. The molecule has 3 aliphatic rings. The molecule has 2 bridgehead atoms. The normalized spacial score (nSPS) is 35.6. The number of hydrogen-bond acceptors (Lipinski definition) is 3. The van der Waals surface area contributed by atoms with Crippen molar-refractivity contribution in [1.29, 1.82) is 0 Å². The average Bonchev–Trinajstić information content (AvgIpc) is 3.22. The summed E-state index contributed by atoms with van der Waals surface area (Å²) in [7, 11) is 1.85. The van der Waals surface area contributed by atoms with E-state index < -0.39 is 0 Å². The van der Waals surface area contributed by atoms with Crippen molar-refractivity contribution in [1.82, 2.24) is 10.2 Å². The number of ether oxygens (including phenoxy) is 1. The minimum absolute atomic E-state index is 0.498. The molecule has 0 aromatic carbocycles. The first-order valence-corrected chi connectivity index (χ1v) is 7.48. The van der Waals surface area contributed by atoms with Gasteiger partial charge in [-0.05, 0) is 25.0 Å². The van der Waals surface area contributed by atoms with E-state index in [4.69, 9.17) is 9.15 Å². The molecule has 108 valence electrons. The maximum atomic E-state index is 6.02. The molecular weight excluding hydrogens is 254 g/mol. The Labute approximate surface area is 119 Å². The van der Waals surface area contributed by atoms with Gasteiger partial charge in [0.15, 0.2) is 5.96 Å². The molecule has 3 fully saturated rings. The van der Waals surface area contributed by atoms with Crippen LogP contribution in [0.15, 0.2) is 27.8 Å². The SMILES string of the molecule is CN=C(NCc1ccco1)N1CC2C3CCC(O3)C2C1. The van der Waals surface area contributed by atoms with E-state index in [1.54, 1.807) is 6.26 Å². The fourth-order valence-corrected chi connectivity index (χ4v) is 4.04. The van der Waals surface area contributed by atoms with Crippen molar-refractivity contribution in [2.75, 3.05) is 20.1 Å². The van der Waals surface area contributed by atoms with Gasteiger partial charge in [0.05, 0.1) is 25.0 Å². The van der Waals surface area contributed by atoms with Crippen LogP contribution < -0.4 is 5.32 Å². The Hall–Kier alpha value is -1.49. The third-order valence-corrected chi connectivity index (χ3v) is 4.96. The van der Waals surface area contributed by atoms with Gasteiger partial charge in [0.1, 0.15) is 5.76 Å². The van der Waals surface area contributed by atoms with Crippen LogP contribution in [0, 0.1) is 11.8 Å². The molecule has 3 aliphatic heterocycles. The fourth-order valence-electron chi connectivity index (χ4n) is 4.04. The maximum Gasteiger partial charge on any atom is 0.194 e. The first-order valence-electron chi connectivity index (χ1n) is 7.48. The van der Waals surface area contributed by atoms with Crippen LogP contribution in [0.2, 0.25) is 0 Å². The van der Waals surface area contributed by atoms with Crippen molar-refractivity contribution in [2.45, 2.75) is 31.6 Å². The molecule has 0 amide bonds. The first-order chi connectivity index (χ1) is 9.85. The van der Waals surface area contributed by atoms with Crippen LogP contribution in [0.5, 0.6) is 0 Å². The molecule has 4 heterocycles. The van der Waals surface area contributed by atoms with E-state index in [9.17, 15) is 0 Å². The van der Waals surface area contributed by atoms with Crippen molar-refractivity contribution in [3.05, 3.63) is 24.2 Å². The second kappa shape index (κ2) is 4.81. The van der Waals surface area contributed by atoms with Gasteiger partial charge in [-0.15, -0.1) is 0 Å². The summed E-state index contributed by atoms with van der Waals surface area (Å²) in [4.78, 5) is 6.80. The van der Waals surface area contributed by atoms with Crippen molar-refractivity contribution in [3.8, 4) is 0 Å². The zero-order chi connectivity index (χ0) is 13.5. The molecule has 1 N–H and O–H groups in total. The highest BCUT2D eigenvalue weighted by molar-refractivity contribution is 5.80. The van der Waals surface area contributed by atoms with Gasteiger partial charge in [0.25, 0.3) is 0 Å². The number of hydrogen-bond donors (Lipinski definition) is 1. The molecule has 0 spiro atoms. The van der Waals surface area contributed by atoms with Crippen LogP contribution in [0.4, 0.5) is 0 Å². The quantitative estimate of drug-likeness (QED) is 0.656. The Kier molecular flexibility index (Phi) is 2.95. The zero-order valence-corrected chi connectivity index (χ0v) is 11.8. The Morgan fingerprint density at radius 2 is 2.10 bits per heavy atom. The first kappa shape index (κ1) is 12.3. The van der Waals surface area contributed by atoms with Crippen molar-refractivity contribution in [2.24, 2.45) is 16.8 Å². The molecule has 1 aromatic rings. The summed E-state index contributed by atoms with van der Waals surface area (Å²) in [6.07, 6.45) is 5.20. The van der Waals surface area contributed by atoms with Crippen LogP contribution in [-0.4, -0.2) is 43.2 Å². The topological polar surface area (TPSA) is 50.0 Å². The molecule has 4 unspecified atom stereocenters. The Morgan fingerprint density at radius 1 is 1.35 bits per heavy atom. The van der Waals surface area contributed by atoms with Gasteiger partial charge in [-0.2, -0.15) is 0 Å². The summed E-state index contributed by atoms with van der Waals surface area (Å²) in [5, 5.41) is 3.39. The van der Waals surface area contributed by atoms with E-state index in [2.05, 4.69) is 15.2 Å². The van der Waals surface area contributed by atoms with Gasteiger partial charge < -0.3 is 19.4 Å². The van der Waals surface area contributed by atoms with E-state index in [1.165, 1.54) is 12.8 Å². The Morgan fingerprint density at radius 3 is 2.70 bits per heavy atom. The standard InChI is InChI=1S/C15H21N3O2/c1-16-15(17-7-10-3-2-6-19-10)18-8-11-12(9-18)14-5-4-13(11)20-14/h2-3,6,11-14H,4-5,7-9H2,1H3,(H,16,17). The molecule has 0 saturated carbocycles. The highest BCUT2D eigenvalue weighted by atomic mass is 16.5. The number of furan rings is 1. The lowest BCUT2D eigenvalue weighted by Crippen LogP contribution is -2.40. The predicted octanol–water partition coefficient (Wildman–Crippen LogP) is 1.46. The summed E-state index contributed by atoms with van der Waals surface area (Å²) in [6, 6.07) is 3.89. The van der Waals surface area contributed by atoms with Crippen molar-refractivity contribution >= 4 is 5.96 Å². The molecule has 20 heavy (non-hydrogen) atoms. The monoisotopic (exact) mass is 275 g/mol. The minimum Gasteiger partial charge on any atom is -0.467 e. The van der Waals surface area contributed by atoms with Gasteiger partial charge in [-0.25, -0.2) is 0 Å². The molecule has 0 radical (unpaired) electrons. The van der Waals surface area contributed by atoms with Gasteiger partial charge in [0.2, 0.25) is 0 Å². The molecule has 1 aromatic heterocycles. The Balaban J connectivity index is 1.40. The lowest BCUT2D eigenvalue weighted by Gasteiger charge is -2.23. The molecule has 4 atom stereocenters. The van der Waals surface area contributed by atoms with Crippen molar-refractivity contribution < 1.29 is 9.15 Å². The van der Waals surface area contributed by atoms with Crippen LogP contribution >= 0.6 is 0 Å². The fraction of sp³-hybridized carbons (Fsp3) is 0.667. The van der Waals surface area contributed by atoms with Gasteiger partial charge in [0, 0.05) is 32.0 Å². The van der Waals surface area contributed by atoms with Crippen molar-refractivity contribution in [3.63, 3.8) is 0 Å². The second-order valence-corrected chi connectivity index (χ2v) is 6.00. The third-order valence-electron chi connectivity index (χ3n) is 4.96. The smallest absolute Gasteiger partial charge is 0.194 e. The molecule has 5 heteroatoms. The van der Waals surface area contributed by atoms with E-state index >= 15 is 0 Å². The number of nitrogens with one attached hydrogen (secondary N) is 1. The summed E-state index contributed by atoms with van der Waals surface area (Å²) < 4.78 is 11.4. The van der Waals surface area contributed by atoms with E-state index in [-0.39, 0.29) is 0 Å². The van der Waals surface area contributed by atoms with E-state index in [1.807, 2.05) is 19.2 Å².